The predicted molar refractivity (Wildman–Crippen MR) is 95.9 cm³/mol. The zero-order valence-electron chi connectivity index (χ0n) is 14.5. The Balaban J connectivity index is 2.34. The Morgan fingerprint density at radius 3 is 2.12 bits per heavy atom. The first-order valence-electron chi connectivity index (χ1n) is 7.54. The molecule has 0 aliphatic rings. The van der Waals surface area contributed by atoms with Crippen LogP contribution in [0.3, 0.4) is 0 Å². The molecule has 0 heterocycles. The third-order valence-corrected chi connectivity index (χ3v) is 5.93. The van der Waals surface area contributed by atoms with Crippen molar-refractivity contribution in [3.05, 3.63) is 58.7 Å². The Morgan fingerprint density at radius 2 is 1.54 bits per heavy atom. The first kappa shape index (κ1) is 18.2. The maximum Gasteiger partial charge on any atom is 0.255 e. The Labute approximate surface area is 143 Å². The van der Waals surface area contributed by atoms with Crippen LogP contribution in [0, 0.1) is 20.8 Å². The van der Waals surface area contributed by atoms with Crippen molar-refractivity contribution >= 4 is 21.6 Å². The van der Waals surface area contributed by atoms with Crippen LogP contribution in [-0.2, 0) is 10.0 Å². The number of aryl methyl sites for hydroxylation is 3. The highest BCUT2D eigenvalue weighted by Gasteiger charge is 2.20. The van der Waals surface area contributed by atoms with Gasteiger partial charge in [0.15, 0.2) is 0 Å². The number of rotatable bonds is 4. The summed E-state index contributed by atoms with van der Waals surface area (Å²) in [4.78, 5) is 12.6. The van der Waals surface area contributed by atoms with Gasteiger partial charge in [-0.05, 0) is 61.7 Å². The van der Waals surface area contributed by atoms with Crippen LogP contribution >= 0.6 is 0 Å². The molecule has 0 atom stereocenters. The van der Waals surface area contributed by atoms with Gasteiger partial charge in [0, 0.05) is 25.3 Å². The number of hydrogen-bond donors (Lipinski definition) is 1. The van der Waals surface area contributed by atoms with E-state index in [-0.39, 0.29) is 10.8 Å². The molecule has 6 heteroatoms. The maximum atomic E-state index is 12.4. The van der Waals surface area contributed by atoms with Gasteiger partial charge in [0.25, 0.3) is 5.91 Å². The molecule has 0 saturated heterocycles. The van der Waals surface area contributed by atoms with E-state index in [1.165, 1.54) is 20.2 Å². The SMILES string of the molecule is Cc1ccc(C(=O)Nc2ccc(C)c(S(=O)(=O)N(C)C)c2)cc1C. The van der Waals surface area contributed by atoms with Crippen molar-refractivity contribution in [2.24, 2.45) is 0 Å². The van der Waals surface area contributed by atoms with Gasteiger partial charge in [0.1, 0.15) is 0 Å². The number of nitrogens with zero attached hydrogens (tertiary/aromatic N) is 1. The lowest BCUT2D eigenvalue weighted by molar-refractivity contribution is 0.102. The minimum atomic E-state index is -3.56. The second-order valence-corrected chi connectivity index (χ2v) is 8.14. The molecule has 0 radical (unpaired) electrons. The van der Waals surface area contributed by atoms with Gasteiger partial charge in [-0.25, -0.2) is 12.7 Å². The largest absolute Gasteiger partial charge is 0.322 e. The van der Waals surface area contributed by atoms with Crippen molar-refractivity contribution in [3.8, 4) is 0 Å². The summed E-state index contributed by atoms with van der Waals surface area (Å²) in [7, 11) is -0.598. The molecule has 2 rings (SSSR count). The number of carbonyl (C=O) groups excluding carboxylic acids is 1. The monoisotopic (exact) mass is 346 g/mol. The van der Waals surface area contributed by atoms with Gasteiger partial charge in [0.05, 0.1) is 4.90 Å². The van der Waals surface area contributed by atoms with Crippen LogP contribution in [-0.4, -0.2) is 32.7 Å². The average molecular weight is 346 g/mol. The minimum absolute atomic E-state index is 0.186. The molecule has 1 amide bonds. The standard InChI is InChI=1S/C18H22N2O3S/c1-12-6-8-15(10-14(12)3)18(21)19-16-9-7-13(2)17(11-16)24(22,23)20(4)5/h6-11H,1-5H3,(H,19,21). The molecule has 0 spiro atoms. The second-order valence-electron chi connectivity index (χ2n) is 6.02. The van der Waals surface area contributed by atoms with E-state index in [9.17, 15) is 13.2 Å². The summed E-state index contributed by atoms with van der Waals surface area (Å²) in [5.41, 5.74) is 3.76. The predicted octanol–water partition coefficient (Wildman–Crippen LogP) is 3.11. The Bertz CT molecular complexity index is 887. The average Bonchev–Trinajstić information content (AvgIpc) is 2.51. The lowest BCUT2D eigenvalue weighted by Gasteiger charge is -2.15. The highest BCUT2D eigenvalue weighted by atomic mass is 32.2. The van der Waals surface area contributed by atoms with Crippen molar-refractivity contribution in [2.45, 2.75) is 25.7 Å². The van der Waals surface area contributed by atoms with E-state index in [0.717, 1.165) is 15.4 Å². The highest BCUT2D eigenvalue weighted by Crippen LogP contribution is 2.23. The maximum absolute atomic E-state index is 12.4. The summed E-state index contributed by atoms with van der Waals surface area (Å²) in [6.07, 6.45) is 0. The number of amides is 1. The number of nitrogens with one attached hydrogen (secondary N) is 1. The van der Waals surface area contributed by atoms with Crippen molar-refractivity contribution in [3.63, 3.8) is 0 Å². The van der Waals surface area contributed by atoms with Gasteiger partial charge in [0.2, 0.25) is 10.0 Å². The number of sulfonamides is 1. The number of benzene rings is 2. The number of hydrogen-bond acceptors (Lipinski definition) is 3. The molecule has 2 aromatic rings. The lowest BCUT2D eigenvalue weighted by Crippen LogP contribution is -2.23. The molecule has 0 fully saturated rings. The second kappa shape index (κ2) is 6.75. The van der Waals surface area contributed by atoms with Crippen LogP contribution in [0.2, 0.25) is 0 Å². The van der Waals surface area contributed by atoms with Crippen LogP contribution in [0.5, 0.6) is 0 Å². The summed E-state index contributed by atoms with van der Waals surface area (Å²) in [5, 5.41) is 2.76. The molecule has 0 aromatic heterocycles. The zero-order chi connectivity index (χ0) is 18.1. The minimum Gasteiger partial charge on any atom is -0.322 e. The smallest absolute Gasteiger partial charge is 0.255 e. The van der Waals surface area contributed by atoms with E-state index >= 15 is 0 Å². The molecule has 2 aromatic carbocycles. The van der Waals surface area contributed by atoms with Crippen LogP contribution < -0.4 is 5.32 Å². The van der Waals surface area contributed by atoms with Crippen LogP contribution in [0.25, 0.3) is 0 Å². The molecular weight excluding hydrogens is 324 g/mol. The molecule has 0 saturated carbocycles. The van der Waals surface area contributed by atoms with Gasteiger partial charge < -0.3 is 5.32 Å². The molecule has 0 bridgehead atoms. The summed E-state index contributed by atoms with van der Waals surface area (Å²) in [6.45, 7) is 5.65. The molecule has 0 aliphatic carbocycles. The lowest BCUT2D eigenvalue weighted by atomic mass is 10.1. The van der Waals surface area contributed by atoms with Crippen LogP contribution in [0.1, 0.15) is 27.0 Å². The van der Waals surface area contributed by atoms with Crippen molar-refractivity contribution in [2.75, 3.05) is 19.4 Å². The number of carbonyl (C=O) groups is 1. The fourth-order valence-corrected chi connectivity index (χ4v) is 3.38. The fourth-order valence-electron chi connectivity index (χ4n) is 2.24. The van der Waals surface area contributed by atoms with Crippen LogP contribution in [0.15, 0.2) is 41.3 Å². The molecule has 1 N–H and O–H groups in total. The topological polar surface area (TPSA) is 66.5 Å². The fraction of sp³-hybridized carbons (Fsp3) is 0.278. The van der Waals surface area contributed by atoms with Gasteiger partial charge in [-0.15, -0.1) is 0 Å². The van der Waals surface area contributed by atoms with E-state index in [0.29, 0.717) is 16.8 Å². The van der Waals surface area contributed by atoms with E-state index in [4.69, 9.17) is 0 Å². The highest BCUT2D eigenvalue weighted by molar-refractivity contribution is 7.89. The normalized spacial score (nSPS) is 11.6. The van der Waals surface area contributed by atoms with E-state index in [1.807, 2.05) is 26.0 Å². The van der Waals surface area contributed by atoms with Gasteiger partial charge in [-0.2, -0.15) is 0 Å². The van der Waals surface area contributed by atoms with E-state index in [1.54, 1.807) is 25.1 Å². The quantitative estimate of drug-likeness (QED) is 0.925. The summed E-state index contributed by atoms with van der Waals surface area (Å²) < 4.78 is 25.9. The summed E-state index contributed by atoms with van der Waals surface area (Å²) >= 11 is 0. The van der Waals surface area contributed by atoms with Gasteiger partial charge >= 0.3 is 0 Å². The van der Waals surface area contributed by atoms with Crippen molar-refractivity contribution in [1.29, 1.82) is 0 Å². The first-order valence-corrected chi connectivity index (χ1v) is 8.98. The third-order valence-electron chi connectivity index (χ3n) is 3.97. The third kappa shape index (κ3) is 3.66. The molecular formula is C18H22N2O3S. The Hall–Kier alpha value is -2.18. The Morgan fingerprint density at radius 1 is 0.917 bits per heavy atom. The first-order chi connectivity index (χ1) is 11.1. The summed E-state index contributed by atoms with van der Waals surface area (Å²) in [6, 6.07) is 10.3. The van der Waals surface area contributed by atoms with Crippen molar-refractivity contribution in [1.82, 2.24) is 4.31 Å². The molecule has 0 aliphatic heterocycles. The van der Waals surface area contributed by atoms with Crippen LogP contribution in [0.4, 0.5) is 5.69 Å². The van der Waals surface area contributed by atoms with Crippen molar-refractivity contribution < 1.29 is 13.2 Å². The van der Waals surface area contributed by atoms with Gasteiger partial charge in [-0.3, -0.25) is 4.79 Å². The zero-order valence-corrected chi connectivity index (χ0v) is 15.4. The van der Waals surface area contributed by atoms with Gasteiger partial charge in [-0.1, -0.05) is 12.1 Å². The molecule has 0 unspecified atom stereocenters. The number of anilines is 1. The molecule has 24 heavy (non-hydrogen) atoms. The van der Waals surface area contributed by atoms with E-state index < -0.39 is 10.0 Å². The van der Waals surface area contributed by atoms with E-state index in [2.05, 4.69) is 5.32 Å². The Kier molecular flexibility index (Phi) is 5.11. The molecule has 5 nitrogen and oxygen atoms in total. The molecule has 128 valence electrons. The summed E-state index contributed by atoms with van der Waals surface area (Å²) in [5.74, 6) is -0.268.